The summed E-state index contributed by atoms with van der Waals surface area (Å²) in [7, 11) is 0. The Morgan fingerprint density at radius 1 is 1.26 bits per heavy atom. The van der Waals surface area contributed by atoms with E-state index in [-0.39, 0.29) is 17.4 Å². The molecule has 3 rings (SSSR count). The number of esters is 1. The number of ether oxygens (including phenoxy) is 2. The van der Waals surface area contributed by atoms with Crippen LogP contribution in [0.4, 0.5) is 0 Å². The number of carbonyl (C=O) groups excluding carboxylic acids is 1. The average molecular weight is 386 g/mol. The molecule has 1 atom stereocenters. The molecule has 0 radical (unpaired) electrons. The fourth-order valence-corrected chi connectivity index (χ4v) is 3.24. The van der Waals surface area contributed by atoms with Crippen molar-refractivity contribution < 1.29 is 19.4 Å². The van der Waals surface area contributed by atoms with Gasteiger partial charge in [-0.05, 0) is 29.8 Å². The first-order chi connectivity index (χ1) is 13.0. The SMILES string of the molecule is CC(=O)OC(COc1ccc(Cc2sc(=O)[nH]c2O)cc1)c1ccccn1. The van der Waals surface area contributed by atoms with Crippen LogP contribution < -0.4 is 9.61 Å². The molecule has 27 heavy (non-hydrogen) atoms. The van der Waals surface area contributed by atoms with Gasteiger partial charge in [0.1, 0.15) is 12.4 Å². The standard InChI is InChI=1S/C19H18N2O5S/c1-12(22)26-16(15-4-2-3-9-20-15)11-25-14-7-5-13(6-8-14)10-17-18(23)21-19(24)27-17/h2-9,16,23H,10-11H2,1H3,(H,21,24). The quantitative estimate of drug-likeness (QED) is 0.606. The van der Waals surface area contributed by atoms with Crippen molar-refractivity contribution in [3.63, 3.8) is 0 Å². The van der Waals surface area contributed by atoms with Crippen LogP contribution >= 0.6 is 11.3 Å². The van der Waals surface area contributed by atoms with Gasteiger partial charge in [0.05, 0.1) is 10.6 Å². The molecule has 0 fully saturated rings. The number of thiazole rings is 1. The zero-order chi connectivity index (χ0) is 19.2. The molecule has 0 saturated carbocycles. The molecule has 3 aromatic rings. The van der Waals surface area contributed by atoms with Crippen LogP contribution in [0.1, 0.15) is 29.2 Å². The molecule has 2 aromatic heterocycles. The van der Waals surface area contributed by atoms with Crippen molar-refractivity contribution in [1.82, 2.24) is 9.97 Å². The summed E-state index contributed by atoms with van der Waals surface area (Å²) in [6.45, 7) is 1.48. The molecule has 0 spiro atoms. The maximum atomic E-state index is 11.3. The Labute approximate surface area is 159 Å². The molecule has 140 valence electrons. The fourth-order valence-electron chi connectivity index (χ4n) is 2.48. The summed E-state index contributed by atoms with van der Waals surface area (Å²) >= 11 is 0.983. The van der Waals surface area contributed by atoms with Gasteiger partial charge in [-0.25, -0.2) is 0 Å². The molecule has 0 aliphatic carbocycles. The van der Waals surface area contributed by atoms with Crippen LogP contribution in [0.3, 0.4) is 0 Å². The van der Waals surface area contributed by atoms with Gasteiger partial charge in [-0.2, -0.15) is 0 Å². The lowest BCUT2D eigenvalue weighted by atomic mass is 10.1. The van der Waals surface area contributed by atoms with Crippen LogP contribution in [0, 0.1) is 0 Å². The highest BCUT2D eigenvalue weighted by Gasteiger charge is 2.17. The van der Waals surface area contributed by atoms with E-state index >= 15 is 0 Å². The molecule has 0 amide bonds. The Bertz CT molecular complexity index is 950. The first-order valence-electron chi connectivity index (χ1n) is 8.22. The third-order valence-electron chi connectivity index (χ3n) is 3.72. The van der Waals surface area contributed by atoms with Crippen LogP contribution in [0.2, 0.25) is 0 Å². The van der Waals surface area contributed by atoms with Crippen LogP contribution in [0.15, 0.2) is 53.5 Å². The van der Waals surface area contributed by atoms with E-state index in [0.29, 0.717) is 22.7 Å². The molecule has 2 heterocycles. The number of aromatic amines is 1. The van der Waals surface area contributed by atoms with Gasteiger partial charge >= 0.3 is 10.8 Å². The minimum Gasteiger partial charge on any atom is -0.494 e. The molecular formula is C19H18N2O5S. The maximum absolute atomic E-state index is 11.3. The Morgan fingerprint density at radius 2 is 2.04 bits per heavy atom. The summed E-state index contributed by atoms with van der Waals surface area (Å²) in [6.07, 6.45) is 1.47. The van der Waals surface area contributed by atoms with E-state index in [9.17, 15) is 14.7 Å². The molecule has 2 N–H and O–H groups in total. The van der Waals surface area contributed by atoms with Gasteiger partial charge in [-0.3, -0.25) is 19.6 Å². The molecule has 1 unspecified atom stereocenters. The number of nitrogens with one attached hydrogen (secondary N) is 1. The molecule has 0 aliphatic heterocycles. The normalized spacial score (nSPS) is 11.7. The zero-order valence-corrected chi connectivity index (χ0v) is 15.4. The van der Waals surface area contributed by atoms with E-state index in [1.165, 1.54) is 6.92 Å². The molecule has 7 nitrogen and oxygen atoms in total. The van der Waals surface area contributed by atoms with Gasteiger partial charge in [0.15, 0.2) is 6.10 Å². The van der Waals surface area contributed by atoms with Crippen LogP contribution in [-0.4, -0.2) is 27.7 Å². The molecular weight excluding hydrogens is 368 g/mol. The van der Waals surface area contributed by atoms with Gasteiger partial charge in [0.2, 0.25) is 5.88 Å². The van der Waals surface area contributed by atoms with Crippen molar-refractivity contribution in [2.24, 2.45) is 0 Å². The van der Waals surface area contributed by atoms with Crippen molar-refractivity contribution in [2.75, 3.05) is 6.61 Å². The minimum atomic E-state index is -0.600. The predicted octanol–water partition coefficient (Wildman–Crippen LogP) is 2.81. The predicted molar refractivity (Wildman–Crippen MR) is 100 cm³/mol. The number of benzene rings is 1. The minimum absolute atomic E-state index is 0.0927. The van der Waals surface area contributed by atoms with E-state index in [1.54, 1.807) is 30.5 Å². The highest BCUT2D eigenvalue weighted by atomic mass is 32.1. The number of H-pyrrole nitrogens is 1. The van der Waals surface area contributed by atoms with Gasteiger partial charge in [-0.15, -0.1) is 0 Å². The average Bonchev–Trinajstić information content (AvgIpc) is 2.97. The van der Waals surface area contributed by atoms with Crippen molar-refractivity contribution in [3.8, 4) is 11.6 Å². The van der Waals surface area contributed by atoms with E-state index < -0.39 is 12.1 Å². The topological polar surface area (TPSA) is 102 Å². The second kappa shape index (κ2) is 8.50. The van der Waals surface area contributed by atoms with Gasteiger partial charge < -0.3 is 14.6 Å². The third kappa shape index (κ3) is 5.18. The Balaban J connectivity index is 1.63. The lowest BCUT2D eigenvalue weighted by Gasteiger charge is -2.17. The number of pyridine rings is 1. The highest BCUT2D eigenvalue weighted by molar-refractivity contribution is 7.09. The van der Waals surface area contributed by atoms with E-state index in [2.05, 4.69) is 9.97 Å². The third-order valence-corrected chi connectivity index (χ3v) is 4.59. The summed E-state index contributed by atoms with van der Waals surface area (Å²) in [5, 5.41) is 9.66. The fraction of sp³-hybridized carbons (Fsp3) is 0.211. The largest absolute Gasteiger partial charge is 0.494 e. The van der Waals surface area contributed by atoms with Crippen LogP contribution in [0.25, 0.3) is 0 Å². The first-order valence-corrected chi connectivity index (χ1v) is 9.04. The second-order valence-corrected chi connectivity index (χ2v) is 6.84. The highest BCUT2D eigenvalue weighted by Crippen LogP contribution is 2.23. The maximum Gasteiger partial charge on any atom is 0.307 e. The van der Waals surface area contributed by atoms with E-state index in [1.807, 2.05) is 18.2 Å². The van der Waals surface area contributed by atoms with Crippen LogP contribution in [-0.2, 0) is 16.0 Å². The second-order valence-electron chi connectivity index (χ2n) is 5.77. The summed E-state index contributed by atoms with van der Waals surface area (Å²) in [5.74, 6) is 0.109. The number of carbonyl (C=O) groups is 1. The molecule has 1 aromatic carbocycles. The summed E-state index contributed by atoms with van der Waals surface area (Å²) in [4.78, 5) is 29.4. The Hall–Kier alpha value is -3.13. The zero-order valence-electron chi connectivity index (χ0n) is 14.5. The van der Waals surface area contributed by atoms with Crippen molar-refractivity contribution in [3.05, 3.63) is 74.5 Å². The van der Waals surface area contributed by atoms with Crippen molar-refractivity contribution in [1.29, 1.82) is 0 Å². The number of aromatic nitrogens is 2. The molecule has 0 bridgehead atoms. The first kappa shape index (κ1) is 18.7. The molecule has 0 saturated heterocycles. The lowest BCUT2D eigenvalue weighted by Crippen LogP contribution is -2.17. The summed E-state index contributed by atoms with van der Waals surface area (Å²) < 4.78 is 11.0. The number of hydrogen-bond acceptors (Lipinski definition) is 7. The monoisotopic (exact) mass is 386 g/mol. The van der Waals surface area contributed by atoms with Crippen molar-refractivity contribution >= 4 is 17.3 Å². The number of hydrogen-bond donors (Lipinski definition) is 2. The lowest BCUT2D eigenvalue weighted by molar-refractivity contribution is -0.148. The molecule has 8 heteroatoms. The summed E-state index contributed by atoms with van der Waals surface area (Å²) in [6, 6.07) is 12.6. The number of rotatable bonds is 7. The number of nitrogens with zero attached hydrogens (tertiary/aromatic N) is 1. The smallest absolute Gasteiger partial charge is 0.307 e. The van der Waals surface area contributed by atoms with Crippen LogP contribution in [0.5, 0.6) is 11.6 Å². The Morgan fingerprint density at radius 3 is 2.63 bits per heavy atom. The van der Waals surface area contributed by atoms with Gasteiger partial charge in [-0.1, -0.05) is 29.5 Å². The van der Waals surface area contributed by atoms with Crippen molar-refractivity contribution in [2.45, 2.75) is 19.4 Å². The van der Waals surface area contributed by atoms with E-state index in [4.69, 9.17) is 9.47 Å². The Kier molecular flexibility index (Phi) is 5.87. The summed E-state index contributed by atoms with van der Waals surface area (Å²) in [5.41, 5.74) is 1.54. The number of aromatic hydroxyl groups is 1. The molecule has 0 aliphatic rings. The van der Waals surface area contributed by atoms with Gasteiger partial charge in [0, 0.05) is 19.5 Å². The van der Waals surface area contributed by atoms with Gasteiger partial charge in [0.25, 0.3) is 0 Å². The van der Waals surface area contributed by atoms with E-state index in [0.717, 1.165) is 16.9 Å².